The molecule has 0 saturated heterocycles. The molecule has 0 aliphatic heterocycles. The van der Waals surface area contributed by atoms with E-state index in [4.69, 9.17) is 85.7 Å². The second kappa shape index (κ2) is 96.0. The first kappa shape index (κ1) is 116. The number of carboxylic acid groups (broad SMARTS) is 2. The normalized spacial score (nSPS) is 9.53. The van der Waals surface area contributed by atoms with Crippen LogP contribution in [0.4, 0.5) is 5.69 Å². The van der Waals surface area contributed by atoms with Crippen LogP contribution in [0.15, 0.2) is 170 Å². The van der Waals surface area contributed by atoms with E-state index in [0.29, 0.717) is 84.8 Å². The number of carbonyl (C=O) groups is 2. The van der Waals surface area contributed by atoms with E-state index in [1.54, 1.807) is 23.9 Å². The number of unbranched alkanes of at least 4 members (excludes halogenated alkanes) is 2. The molecule has 616 valence electrons. The maximum Gasteiger partial charge on any atom is 0.335 e. The lowest BCUT2D eigenvalue weighted by Crippen LogP contribution is -2.12. The van der Waals surface area contributed by atoms with Gasteiger partial charge in [-0.25, -0.2) is 9.59 Å². The molecule has 0 spiro atoms. The highest BCUT2D eigenvalue weighted by molar-refractivity contribution is 7.99. The molecule has 0 saturated carbocycles. The summed E-state index contributed by atoms with van der Waals surface area (Å²) in [6.07, 6.45) is 9.67. The van der Waals surface area contributed by atoms with E-state index in [-0.39, 0.29) is 38.4 Å². The lowest BCUT2D eigenvalue weighted by Gasteiger charge is -2.02. The number of aliphatic hydroxyl groups is 3. The predicted molar refractivity (Wildman–Crippen MR) is 469 cm³/mol. The number of nitrogens with two attached hydrogens (primary N) is 3. The number of phenolic OH excluding ortho intramolecular Hbond substituents is 1. The molecule has 0 aliphatic rings. The van der Waals surface area contributed by atoms with Gasteiger partial charge in [-0.1, -0.05) is 127 Å². The number of carboxylic acids is 2. The third-order valence-electron chi connectivity index (χ3n) is 11.7. The molecule has 0 amide bonds. The van der Waals surface area contributed by atoms with Crippen LogP contribution in [0.3, 0.4) is 0 Å². The Morgan fingerprint density at radius 1 is 0.355 bits per heavy atom. The summed E-state index contributed by atoms with van der Waals surface area (Å²) in [5.41, 5.74) is 20.5. The van der Waals surface area contributed by atoms with Crippen molar-refractivity contribution >= 4 is 105 Å². The van der Waals surface area contributed by atoms with Crippen LogP contribution in [-0.4, -0.2) is 198 Å². The molecular formula is C81H139N3O16S7. The molecule has 0 atom stereocenters. The Hall–Kier alpha value is -4.21. The fourth-order valence-electron chi connectivity index (χ4n) is 6.15. The SMILES string of the molecule is C.CCCCN.CCCCS.CCCOCCOCCN.CCCOCCOCCO.CCCOCCOCCS.CCCOCCOCCS.Cc1ccc(N)cc1.Cc1ccc(O)cc1.Cc1ccc(Sc2ccc(S)cc2)cc1.O=C(O)c1ccc(C(=O)O)cc1.OCCCO.Sc1ccc(S)cc1. The van der Waals surface area contributed by atoms with E-state index in [1.165, 1.54) is 76.4 Å². The molecule has 0 aromatic heterocycles. The van der Waals surface area contributed by atoms with E-state index < -0.39 is 11.9 Å². The summed E-state index contributed by atoms with van der Waals surface area (Å²) in [5.74, 6) is 0.812. The summed E-state index contributed by atoms with van der Waals surface area (Å²) >= 11 is 26.2. The molecule has 19 nitrogen and oxygen atoms in total. The summed E-state index contributed by atoms with van der Waals surface area (Å²) < 4.78 is 40.9. The van der Waals surface area contributed by atoms with Gasteiger partial charge in [0.25, 0.3) is 0 Å². The second-order valence-corrected chi connectivity index (χ2v) is 25.8. The van der Waals surface area contributed by atoms with Crippen molar-refractivity contribution in [1.82, 2.24) is 0 Å². The molecule has 0 aliphatic carbocycles. The van der Waals surface area contributed by atoms with Gasteiger partial charge in [-0.3, -0.25) is 0 Å². The Morgan fingerprint density at radius 2 is 0.645 bits per heavy atom. The second-order valence-electron chi connectivity index (χ2n) is 21.7. The van der Waals surface area contributed by atoms with Crippen LogP contribution < -0.4 is 17.2 Å². The zero-order chi connectivity index (χ0) is 80.8. The molecule has 0 heterocycles. The van der Waals surface area contributed by atoms with Crippen molar-refractivity contribution < 1.29 is 78.1 Å². The number of hydrogen-bond acceptors (Lipinski definition) is 24. The standard InChI is InChI=1S/C13H12S2.C8H6O4.C7H17NO2.C7H9N.C7H16O3.2C7H16O2S.C7H8O.C6H6S2.C4H11N.C4H10S.C3H8O2.CH4/c1-10-2-6-12(7-3-10)15-13-8-4-11(14)5-9-13;9-7(10)5-1-2-6(4-3-5)8(11)12;1-2-4-9-6-7-10-5-3-8;1-6-2-4-7(8)5-3-6;1-2-4-9-6-7-10-5-3-8;2*1-2-3-8-4-5-9-6-7-10;1-6-2-4-7(8)5-3-6;7-5-1-2-6(8)4-3-5;2*1-2-3-4-5;4-2-1-3-5;/h2-9,14H,1H3;1-4H,(H,9,10)(H,11,12);2-8H2,1H3;2-5H,8H2,1H3;8H,2-7H2,1H3;2*10H,2-7H2,1H3;2-5,8H,1H3;1-4,7-8H;2-5H2,1H3;5H,2-4H2,1H3;4-5H,1-3H2;1H4. The fourth-order valence-corrected chi connectivity index (χ4v) is 7.99. The van der Waals surface area contributed by atoms with Crippen molar-refractivity contribution in [3.63, 3.8) is 0 Å². The summed E-state index contributed by atoms with van der Waals surface area (Å²) in [5, 5.41) is 49.8. The van der Waals surface area contributed by atoms with E-state index >= 15 is 0 Å². The van der Waals surface area contributed by atoms with Crippen molar-refractivity contribution in [2.75, 3.05) is 162 Å². The van der Waals surface area contributed by atoms with Crippen LogP contribution in [0.5, 0.6) is 5.75 Å². The van der Waals surface area contributed by atoms with Gasteiger partial charge in [0.1, 0.15) is 5.75 Å². The van der Waals surface area contributed by atoms with Gasteiger partial charge in [-0.2, -0.15) is 37.9 Å². The number of phenols is 1. The number of rotatable bonds is 38. The molecule has 0 fully saturated rings. The number of aromatic carboxylic acids is 2. The molecule has 0 radical (unpaired) electrons. The Kier molecular flexibility index (Phi) is 104. The maximum absolute atomic E-state index is 10.3. The quantitative estimate of drug-likeness (QED) is 0.00973. The first-order valence-electron chi connectivity index (χ1n) is 36.0. The van der Waals surface area contributed by atoms with E-state index in [2.05, 4.69) is 161 Å². The largest absolute Gasteiger partial charge is 0.508 e. The van der Waals surface area contributed by atoms with Gasteiger partial charge in [0.2, 0.25) is 0 Å². The third kappa shape index (κ3) is 97.8. The molecule has 107 heavy (non-hydrogen) atoms. The third-order valence-corrected chi connectivity index (χ3v) is 14.3. The van der Waals surface area contributed by atoms with Crippen molar-refractivity contribution in [2.24, 2.45) is 11.5 Å². The van der Waals surface area contributed by atoms with Crippen LogP contribution in [-0.2, 0) is 37.9 Å². The highest BCUT2D eigenvalue weighted by atomic mass is 32.2. The number of aliphatic hydroxyl groups excluding tert-OH is 3. The van der Waals surface area contributed by atoms with Gasteiger partial charge in [0, 0.05) is 87.9 Å². The molecule has 26 heteroatoms. The monoisotopic (exact) mass is 1630 g/mol. The molecule has 6 aromatic carbocycles. The Labute approximate surface area is 682 Å². The van der Waals surface area contributed by atoms with E-state index in [9.17, 15) is 9.59 Å². The Balaban J connectivity index is -0.000000206. The zero-order valence-electron chi connectivity index (χ0n) is 64.8. The number of thiol groups is 6. The first-order chi connectivity index (χ1) is 51.1. The minimum absolute atomic E-state index is 0. The Morgan fingerprint density at radius 3 is 0.869 bits per heavy atom. The van der Waals surface area contributed by atoms with Crippen LogP contribution in [0.1, 0.15) is 144 Å². The maximum atomic E-state index is 10.3. The smallest absolute Gasteiger partial charge is 0.335 e. The number of nitrogen functional groups attached to an aromatic ring is 1. The van der Waals surface area contributed by atoms with E-state index in [1.807, 2.05) is 86.6 Å². The van der Waals surface area contributed by atoms with Crippen molar-refractivity contribution in [1.29, 1.82) is 0 Å². The molecular weight excluding hydrogens is 1500 g/mol. The predicted octanol–water partition coefficient (Wildman–Crippen LogP) is 17.0. The number of benzene rings is 6. The number of anilines is 1. The Bertz CT molecular complexity index is 2330. The number of hydrogen-bond donors (Lipinski definition) is 15. The lowest BCUT2D eigenvalue weighted by molar-refractivity contribution is 0.0333. The van der Waals surface area contributed by atoms with Crippen LogP contribution >= 0.6 is 87.5 Å². The summed E-state index contributed by atoms with van der Waals surface area (Å²) in [6, 6.07) is 44.3. The van der Waals surface area contributed by atoms with Crippen molar-refractivity contribution in [2.45, 2.75) is 152 Å². The van der Waals surface area contributed by atoms with Crippen molar-refractivity contribution in [3.05, 3.63) is 173 Å². The highest BCUT2D eigenvalue weighted by Crippen LogP contribution is 2.28. The molecule has 0 unspecified atom stereocenters. The van der Waals surface area contributed by atoms with Gasteiger partial charge in [0.15, 0.2) is 0 Å². The zero-order valence-corrected chi connectivity index (χ0v) is 71.0. The lowest BCUT2D eigenvalue weighted by atomic mass is 10.1. The molecule has 6 rings (SSSR count). The van der Waals surface area contributed by atoms with E-state index in [0.717, 1.165) is 110 Å². The van der Waals surface area contributed by atoms with Crippen molar-refractivity contribution in [3.8, 4) is 5.75 Å². The van der Waals surface area contributed by atoms with Crippen LogP contribution in [0.2, 0.25) is 0 Å². The number of aryl methyl sites for hydroxylation is 3. The van der Waals surface area contributed by atoms with Gasteiger partial charge < -0.3 is 85.7 Å². The first-order valence-corrected chi connectivity index (χ1v) is 40.0. The van der Waals surface area contributed by atoms with Gasteiger partial charge >= 0.3 is 11.9 Å². The van der Waals surface area contributed by atoms with Crippen LogP contribution in [0.25, 0.3) is 0 Å². The summed E-state index contributed by atoms with van der Waals surface area (Å²) in [4.78, 5) is 26.1. The highest BCUT2D eigenvalue weighted by Gasteiger charge is 2.05. The molecule has 6 aromatic rings. The van der Waals surface area contributed by atoms with Gasteiger partial charge in [0.05, 0.1) is 97.0 Å². The average molecular weight is 1640 g/mol. The average Bonchev–Trinajstić information content (AvgIpc) is 0.895. The summed E-state index contributed by atoms with van der Waals surface area (Å²) in [7, 11) is 0. The number of ether oxygens (including phenoxy) is 8. The van der Waals surface area contributed by atoms with Gasteiger partial charge in [-0.15, -0.1) is 37.9 Å². The van der Waals surface area contributed by atoms with Crippen LogP contribution in [0, 0.1) is 20.8 Å². The summed E-state index contributed by atoms with van der Waals surface area (Å²) in [6.45, 7) is 31.6. The van der Waals surface area contributed by atoms with Gasteiger partial charge in [-0.05, 0) is 187 Å². The number of aromatic hydroxyl groups is 1. The topological polar surface area (TPSA) is 307 Å². The molecule has 0 bridgehead atoms. The minimum atomic E-state index is -1.06. The molecule has 12 N–H and O–H groups in total. The minimum Gasteiger partial charge on any atom is -0.508 e. The fraction of sp³-hybridized carbons (Fsp3) is 0.531.